The van der Waals surface area contributed by atoms with Crippen LogP contribution in [-0.2, 0) is 9.22 Å². The first-order chi connectivity index (χ1) is 9.18. The molecule has 0 bridgehead atoms. The summed E-state index contributed by atoms with van der Waals surface area (Å²) in [4.78, 5) is 12.4. The van der Waals surface area contributed by atoms with Crippen LogP contribution >= 0.6 is 0 Å². The van der Waals surface area contributed by atoms with Gasteiger partial charge in [0.25, 0.3) is 0 Å². The summed E-state index contributed by atoms with van der Waals surface area (Å²) < 4.78 is 6.86. The highest BCUT2D eigenvalue weighted by Gasteiger charge is 2.50. The Kier molecular flexibility index (Phi) is 4.32. The second-order valence-corrected chi connectivity index (χ2v) is 12.8. The molecule has 114 valence electrons. The van der Waals surface area contributed by atoms with Crippen LogP contribution in [0.15, 0.2) is 12.2 Å². The van der Waals surface area contributed by atoms with Crippen LogP contribution in [0.5, 0.6) is 0 Å². The SMILES string of the molecule is CC(C)(C)[Si](C)(C)O[C@]12CCC=CC(=O)[C@@H]1CCCC2. The fourth-order valence-corrected chi connectivity index (χ4v) is 5.06. The van der Waals surface area contributed by atoms with Crippen molar-refractivity contribution in [2.75, 3.05) is 0 Å². The maximum atomic E-state index is 12.4. The first-order valence-corrected chi connectivity index (χ1v) is 11.0. The highest BCUT2D eigenvalue weighted by atomic mass is 28.4. The molecule has 0 spiro atoms. The zero-order valence-electron chi connectivity index (χ0n) is 13.8. The summed E-state index contributed by atoms with van der Waals surface area (Å²) in [5.41, 5.74) is -0.179. The van der Waals surface area contributed by atoms with Gasteiger partial charge in [0.1, 0.15) is 0 Å². The van der Waals surface area contributed by atoms with Crippen molar-refractivity contribution in [3.8, 4) is 0 Å². The van der Waals surface area contributed by atoms with Crippen LogP contribution in [0.1, 0.15) is 59.3 Å². The van der Waals surface area contributed by atoms with Crippen molar-refractivity contribution in [2.45, 2.75) is 83.0 Å². The number of hydrogen-bond acceptors (Lipinski definition) is 2. The second kappa shape index (κ2) is 5.41. The third-order valence-electron chi connectivity index (χ3n) is 5.60. The van der Waals surface area contributed by atoms with Gasteiger partial charge < -0.3 is 4.43 Å². The lowest BCUT2D eigenvalue weighted by Crippen LogP contribution is -2.55. The number of carbonyl (C=O) groups excluding carboxylic acids is 1. The molecule has 0 aromatic rings. The Morgan fingerprint density at radius 3 is 2.60 bits per heavy atom. The van der Waals surface area contributed by atoms with Crippen LogP contribution in [0.3, 0.4) is 0 Å². The standard InChI is InChI=1S/C17H30O2Si/c1-16(2,3)20(4,5)19-17-12-8-6-10-14(17)15(18)11-7-9-13-17/h7,11,14H,6,8-10,12-13H2,1-5H3/t14-,17+/m0/s1. The van der Waals surface area contributed by atoms with Gasteiger partial charge in [-0.2, -0.15) is 0 Å². The van der Waals surface area contributed by atoms with Crippen LogP contribution in [-0.4, -0.2) is 19.7 Å². The summed E-state index contributed by atoms with van der Waals surface area (Å²) >= 11 is 0. The van der Waals surface area contributed by atoms with E-state index in [1.807, 2.05) is 6.08 Å². The average Bonchev–Trinajstić information content (AvgIpc) is 2.47. The summed E-state index contributed by atoms with van der Waals surface area (Å²) in [7, 11) is -1.84. The van der Waals surface area contributed by atoms with Gasteiger partial charge in [0.2, 0.25) is 0 Å². The van der Waals surface area contributed by atoms with Gasteiger partial charge in [0, 0.05) is 5.92 Å². The number of carbonyl (C=O) groups is 1. The van der Waals surface area contributed by atoms with Crippen LogP contribution in [0, 0.1) is 5.92 Å². The van der Waals surface area contributed by atoms with E-state index in [1.54, 1.807) is 0 Å². The molecule has 0 aromatic carbocycles. The quantitative estimate of drug-likeness (QED) is 0.680. The van der Waals surface area contributed by atoms with E-state index in [2.05, 4.69) is 39.9 Å². The Hall–Kier alpha value is -0.413. The van der Waals surface area contributed by atoms with Gasteiger partial charge in [0.15, 0.2) is 14.1 Å². The van der Waals surface area contributed by atoms with E-state index in [9.17, 15) is 4.79 Å². The van der Waals surface area contributed by atoms with Crippen LogP contribution in [0.4, 0.5) is 0 Å². The molecule has 2 aliphatic rings. The first kappa shape index (κ1) is 16.0. The highest BCUT2D eigenvalue weighted by molar-refractivity contribution is 6.74. The van der Waals surface area contributed by atoms with Crippen LogP contribution in [0.2, 0.25) is 18.1 Å². The smallest absolute Gasteiger partial charge is 0.192 e. The number of ketones is 1. The van der Waals surface area contributed by atoms with Gasteiger partial charge in [-0.15, -0.1) is 0 Å². The number of allylic oxidation sites excluding steroid dienone is 2. The van der Waals surface area contributed by atoms with Crippen molar-refractivity contribution in [3.63, 3.8) is 0 Å². The van der Waals surface area contributed by atoms with E-state index >= 15 is 0 Å². The molecule has 0 aliphatic heterocycles. The minimum Gasteiger partial charge on any atom is -0.411 e. The maximum Gasteiger partial charge on any atom is 0.192 e. The molecule has 0 amide bonds. The first-order valence-electron chi connectivity index (χ1n) is 8.09. The molecule has 20 heavy (non-hydrogen) atoms. The van der Waals surface area contributed by atoms with Gasteiger partial charge >= 0.3 is 0 Å². The monoisotopic (exact) mass is 294 g/mol. The molecule has 0 N–H and O–H groups in total. The van der Waals surface area contributed by atoms with Gasteiger partial charge in [-0.1, -0.05) is 39.7 Å². The molecule has 0 radical (unpaired) electrons. The minimum absolute atomic E-state index is 0.101. The Morgan fingerprint density at radius 2 is 1.95 bits per heavy atom. The normalized spacial score (nSPS) is 31.9. The summed E-state index contributed by atoms with van der Waals surface area (Å²) in [5.74, 6) is 0.407. The van der Waals surface area contributed by atoms with Crippen molar-refractivity contribution in [2.24, 2.45) is 5.92 Å². The zero-order chi connectivity index (χ0) is 15.0. The van der Waals surface area contributed by atoms with Crippen molar-refractivity contribution in [3.05, 3.63) is 12.2 Å². The number of hydrogen-bond donors (Lipinski definition) is 0. The van der Waals surface area contributed by atoms with E-state index in [-0.39, 0.29) is 16.6 Å². The second-order valence-electron chi connectivity index (χ2n) is 8.07. The lowest BCUT2D eigenvalue weighted by molar-refractivity contribution is -0.129. The number of rotatable bonds is 2. The molecular weight excluding hydrogens is 264 g/mol. The van der Waals surface area contributed by atoms with E-state index in [0.29, 0.717) is 5.78 Å². The molecule has 2 nitrogen and oxygen atoms in total. The molecular formula is C17H30O2Si. The maximum absolute atomic E-state index is 12.4. The predicted octanol–water partition coefficient (Wildman–Crippen LogP) is 4.86. The topological polar surface area (TPSA) is 26.3 Å². The average molecular weight is 295 g/mol. The molecule has 2 aliphatic carbocycles. The summed E-state index contributed by atoms with van der Waals surface area (Å²) in [5, 5.41) is 0.201. The molecule has 2 atom stereocenters. The van der Waals surface area contributed by atoms with E-state index < -0.39 is 8.32 Å². The summed E-state index contributed by atoms with van der Waals surface area (Å²) in [6.07, 6.45) is 10.3. The van der Waals surface area contributed by atoms with Gasteiger partial charge in [0.05, 0.1) is 5.60 Å². The Bertz CT molecular complexity index is 406. The fraction of sp³-hybridized carbons (Fsp3) is 0.824. The summed E-state index contributed by atoms with van der Waals surface area (Å²) in [6, 6.07) is 0. The van der Waals surface area contributed by atoms with E-state index in [1.165, 1.54) is 12.8 Å². The number of fused-ring (bicyclic) bond motifs is 1. The lowest BCUT2D eigenvalue weighted by atomic mass is 9.72. The van der Waals surface area contributed by atoms with E-state index in [0.717, 1.165) is 25.7 Å². The van der Waals surface area contributed by atoms with Gasteiger partial charge in [-0.05, 0) is 49.9 Å². The molecule has 0 aromatic heterocycles. The lowest BCUT2D eigenvalue weighted by Gasteiger charge is -2.50. The van der Waals surface area contributed by atoms with Crippen molar-refractivity contribution >= 4 is 14.1 Å². The zero-order valence-corrected chi connectivity index (χ0v) is 14.8. The van der Waals surface area contributed by atoms with Crippen molar-refractivity contribution < 1.29 is 9.22 Å². The minimum atomic E-state index is -1.84. The molecule has 0 heterocycles. The molecule has 1 fully saturated rings. The molecule has 1 saturated carbocycles. The Morgan fingerprint density at radius 1 is 1.25 bits per heavy atom. The summed E-state index contributed by atoms with van der Waals surface area (Å²) in [6.45, 7) is 11.5. The van der Waals surface area contributed by atoms with Gasteiger partial charge in [-0.3, -0.25) is 4.79 Å². The molecule has 0 unspecified atom stereocenters. The third kappa shape index (κ3) is 2.94. The molecule has 3 heteroatoms. The Labute approximate surface area is 125 Å². The molecule has 0 saturated heterocycles. The third-order valence-corrected chi connectivity index (χ3v) is 10.1. The van der Waals surface area contributed by atoms with Crippen molar-refractivity contribution in [1.29, 1.82) is 0 Å². The fourth-order valence-electron chi connectivity index (χ4n) is 3.39. The van der Waals surface area contributed by atoms with Crippen molar-refractivity contribution in [1.82, 2.24) is 0 Å². The highest BCUT2D eigenvalue weighted by Crippen LogP contribution is 2.48. The van der Waals surface area contributed by atoms with Gasteiger partial charge in [-0.25, -0.2) is 0 Å². The van der Waals surface area contributed by atoms with Crippen LogP contribution in [0.25, 0.3) is 0 Å². The Balaban J connectivity index is 2.31. The molecule has 2 rings (SSSR count). The van der Waals surface area contributed by atoms with Crippen LogP contribution < -0.4 is 0 Å². The largest absolute Gasteiger partial charge is 0.411 e. The van der Waals surface area contributed by atoms with E-state index in [4.69, 9.17) is 4.43 Å². The predicted molar refractivity (Wildman–Crippen MR) is 86.4 cm³/mol.